The second-order valence-electron chi connectivity index (χ2n) is 4.22. The number of hydrogen-bond donors (Lipinski definition) is 0. The van der Waals surface area contributed by atoms with Gasteiger partial charge in [-0.05, 0) is 0 Å². The predicted molar refractivity (Wildman–Crippen MR) is 69.8 cm³/mol. The topological polar surface area (TPSA) is 46.6 Å². The fourth-order valence-corrected chi connectivity index (χ4v) is 2.48. The van der Waals surface area contributed by atoms with Gasteiger partial charge < -0.3 is 9.64 Å². The van der Waals surface area contributed by atoms with Gasteiger partial charge in [0.2, 0.25) is 11.6 Å². The molecule has 0 atom stereocenters. The molecule has 1 aromatic carbocycles. The van der Waals surface area contributed by atoms with Gasteiger partial charge in [-0.3, -0.25) is 9.59 Å². The molecule has 0 aromatic heterocycles. The zero-order valence-corrected chi connectivity index (χ0v) is 10.7. The lowest BCUT2D eigenvalue weighted by atomic mass is 9.92. The van der Waals surface area contributed by atoms with Crippen molar-refractivity contribution in [3.63, 3.8) is 0 Å². The Labute approximate surface area is 114 Å². The third-order valence-electron chi connectivity index (χ3n) is 3.11. The molecular formula is C14H10ClNO3. The van der Waals surface area contributed by atoms with Crippen LogP contribution in [0.1, 0.15) is 20.7 Å². The van der Waals surface area contributed by atoms with Gasteiger partial charge in [0.25, 0.3) is 0 Å². The molecule has 96 valence electrons. The number of fused-ring (bicyclic) bond motifs is 1. The summed E-state index contributed by atoms with van der Waals surface area (Å²) in [7, 11) is 0. The molecule has 0 amide bonds. The Morgan fingerprint density at radius 3 is 2.42 bits per heavy atom. The fourth-order valence-electron chi connectivity index (χ4n) is 2.19. The average Bonchev–Trinajstić information content (AvgIpc) is 2.46. The third kappa shape index (κ3) is 1.85. The molecule has 0 spiro atoms. The standard InChI is InChI=1S/C14H10ClNO3/c15-11-12(16-5-7-19-8-6-16)14(18)10-4-2-1-3-9(10)13(11)17/h1-5,7H,6,8H2. The van der Waals surface area contributed by atoms with E-state index in [0.717, 1.165) is 0 Å². The first kappa shape index (κ1) is 12.0. The molecule has 0 radical (unpaired) electrons. The van der Waals surface area contributed by atoms with Crippen LogP contribution < -0.4 is 0 Å². The van der Waals surface area contributed by atoms with E-state index in [4.69, 9.17) is 16.3 Å². The van der Waals surface area contributed by atoms with Gasteiger partial charge in [-0.15, -0.1) is 0 Å². The first-order chi connectivity index (χ1) is 9.20. The summed E-state index contributed by atoms with van der Waals surface area (Å²) in [6.07, 6.45) is 3.10. The summed E-state index contributed by atoms with van der Waals surface area (Å²) in [4.78, 5) is 26.3. The SMILES string of the molecule is O=C1C(Cl)=C(N2C=COCC2)C(=O)c2ccccc21. The first-order valence-corrected chi connectivity index (χ1v) is 6.21. The van der Waals surface area contributed by atoms with Crippen molar-refractivity contribution in [3.05, 3.63) is 58.6 Å². The maximum atomic E-state index is 12.5. The maximum absolute atomic E-state index is 12.5. The Bertz CT molecular complexity index is 633. The largest absolute Gasteiger partial charge is 0.498 e. The Kier molecular flexibility index (Phi) is 2.87. The van der Waals surface area contributed by atoms with Crippen LogP contribution in [0.2, 0.25) is 0 Å². The Morgan fingerprint density at radius 2 is 1.79 bits per heavy atom. The van der Waals surface area contributed by atoms with E-state index in [9.17, 15) is 9.59 Å². The van der Waals surface area contributed by atoms with Crippen molar-refractivity contribution in [2.75, 3.05) is 13.2 Å². The summed E-state index contributed by atoms with van der Waals surface area (Å²) in [5, 5.41) is -0.0322. The van der Waals surface area contributed by atoms with Crippen molar-refractivity contribution >= 4 is 23.2 Å². The van der Waals surface area contributed by atoms with E-state index in [-0.39, 0.29) is 22.3 Å². The number of Topliss-reactive ketones (excluding diaryl/α,β-unsaturated/α-hetero) is 2. The summed E-state index contributed by atoms with van der Waals surface area (Å²) in [5.74, 6) is -0.543. The highest BCUT2D eigenvalue weighted by molar-refractivity contribution is 6.49. The van der Waals surface area contributed by atoms with E-state index in [0.29, 0.717) is 24.3 Å². The van der Waals surface area contributed by atoms with Crippen molar-refractivity contribution in [1.29, 1.82) is 0 Å². The molecule has 0 saturated heterocycles. The highest BCUT2D eigenvalue weighted by atomic mass is 35.5. The van der Waals surface area contributed by atoms with Gasteiger partial charge in [0.05, 0.1) is 12.8 Å². The van der Waals surface area contributed by atoms with E-state index in [1.165, 1.54) is 6.26 Å². The molecule has 0 saturated carbocycles. The maximum Gasteiger partial charge on any atom is 0.211 e. The number of ether oxygens (including phenoxy) is 1. The minimum Gasteiger partial charge on any atom is -0.498 e. The van der Waals surface area contributed by atoms with Gasteiger partial charge in [-0.2, -0.15) is 0 Å². The number of rotatable bonds is 1. The van der Waals surface area contributed by atoms with E-state index in [2.05, 4.69) is 0 Å². The Hall–Kier alpha value is -2.07. The van der Waals surface area contributed by atoms with Crippen molar-refractivity contribution in [1.82, 2.24) is 4.90 Å². The fraction of sp³-hybridized carbons (Fsp3) is 0.143. The van der Waals surface area contributed by atoms with Crippen molar-refractivity contribution in [2.45, 2.75) is 0 Å². The van der Waals surface area contributed by atoms with E-state index in [1.807, 2.05) is 0 Å². The summed E-state index contributed by atoms with van der Waals surface area (Å²) in [6.45, 7) is 0.941. The Balaban J connectivity index is 2.12. The quantitative estimate of drug-likeness (QED) is 0.789. The number of hydrogen-bond acceptors (Lipinski definition) is 4. The highest BCUT2D eigenvalue weighted by Gasteiger charge is 2.34. The minimum atomic E-state index is -0.313. The third-order valence-corrected chi connectivity index (χ3v) is 3.46. The van der Waals surface area contributed by atoms with Gasteiger partial charge >= 0.3 is 0 Å². The molecule has 0 unspecified atom stereocenters. The molecule has 0 fully saturated rings. The zero-order chi connectivity index (χ0) is 13.4. The second kappa shape index (κ2) is 4.55. The number of carbonyl (C=O) groups excluding carboxylic acids is 2. The number of halogens is 1. The molecule has 1 aliphatic carbocycles. The monoisotopic (exact) mass is 275 g/mol. The van der Waals surface area contributed by atoms with Crippen LogP contribution in [0.25, 0.3) is 0 Å². The summed E-state index contributed by atoms with van der Waals surface area (Å²) in [5.41, 5.74) is 0.982. The summed E-state index contributed by atoms with van der Waals surface area (Å²) in [6, 6.07) is 6.71. The van der Waals surface area contributed by atoms with Crippen molar-refractivity contribution in [2.24, 2.45) is 0 Å². The predicted octanol–water partition coefficient (Wildman–Crippen LogP) is 2.32. The lowest BCUT2D eigenvalue weighted by Crippen LogP contribution is -2.33. The van der Waals surface area contributed by atoms with Crippen LogP contribution in [-0.2, 0) is 4.74 Å². The van der Waals surface area contributed by atoms with Gasteiger partial charge in [0.15, 0.2) is 0 Å². The minimum absolute atomic E-state index is 0.0322. The van der Waals surface area contributed by atoms with Gasteiger partial charge in [0, 0.05) is 17.3 Å². The molecule has 1 heterocycles. The smallest absolute Gasteiger partial charge is 0.211 e. The van der Waals surface area contributed by atoms with Crippen LogP contribution in [0.4, 0.5) is 0 Å². The molecule has 0 bridgehead atoms. The molecule has 3 rings (SSSR count). The van der Waals surface area contributed by atoms with Crippen molar-refractivity contribution in [3.8, 4) is 0 Å². The van der Waals surface area contributed by atoms with E-state index < -0.39 is 0 Å². The van der Waals surface area contributed by atoms with Gasteiger partial charge in [-0.1, -0.05) is 35.9 Å². The van der Waals surface area contributed by atoms with Crippen molar-refractivity contribution < 1.29 is 14.3 Å². The van der Waals surface area contributed by atoms with E-state index >= 15 is 0 Å². The van der Waals surface area contributed by atoms with Gasteiger partial charge in [0.1, 0.15) is 17.3 Å². The second-order valence-corrected chi connectivity index (χ2v) is 4.59. The highest BCUT2D eigenvalue weighted by Crippen LogP contribution is 2.30. The molecule has 2 aliphatic rings. The van der Waals surface area contributed by atoms with Crippen LogP contribution in [0.5, 0.6) is 0 Å². The molecule has 5 heteroatoms. The van der Waals surface area contributed by atoms with Crippen LogP contribution in [-0.4, -0.2) is 29.6 Å². The summed E-state index contributed by atoms with van der Waals surface area (Å²) < 4.78 is 5.07. The van der Waals surface area contributed by atoms with Crippen LogP contribution in [0.3, 0.4) is 0 Å². The first-order valence-electron chi connectivity index (χ1n) is 5.83. The molecule has 1 aliphatic heterocycles. The number of nitrogens with zero attached hydrogens (tertiary/aromatic N) is 1. The van der Waals surface area contributed by atoms with Crippen LogP contribution in [0.15, 0.2) is 47.5 Å². The molecule has 4 nitrogen and oxygen atoms in total. The van der Waals surface area contributed by atoms with Gasteiger partial charge in [-0.25, -0.2) is 0 Å². The van der Waals surface area contributed by atoms with Crippen LogP contribution >= 0.6 is 11.6 Å². The average molecular weight is 276 g/mol. The summed E-state index contributed by atoms with van der Waals surface area (Å²) >= 11 is 6.08. The zero-order valence-electron chi connectivity index (χ0n) is 9.93. The van der Waals surface area contributed by atoms with Crippen LogP contribution in [0, 0.1) is 0 Å². The lowest BCUT2D eigenvalue weighted by Gasteiger charge is -2.28. The molecule has 0 N–H and O–H groups in total. The number of allylic oxidation sites excluding steroid dienone is 2. The van der Waals surface area contributed by atoms with E-state index in [1.54, 1.807) is 35.4 Å². The molecule has 1 aromatic rings. The Morgan fingerprint density at radius 1 is 1.11 bits per heavy atom. The number of carbonyl (C=O) groups is 2. The number of ketones is 2. The lowest BCUT2D eigenvalue weighted by molar-refractivity contribution is 0.0944. The molecular weight excluding hydrogens is 266 g/mol. The normalized spacial score (nSPS) is 18.5. The number of benzene rings is 1. The molecule has 19 heavy (non-hydrogen) atoms.